The molecular weight excluding hydrogens is 416 g/mol. The van der Waals surface area contributed by atoms with E-state index in [0.29, 0.717) is 17.1 Å². The van der Waals surface area contributed by atoms with Crippen molar-refractivity contribution in [1.29, 1.82) is 0 Å². The van der Waals surface area contributed by atoms with Crippen molar-refractivity contribution >= 4 is 18.0 Å². The first kappa shape index (κ1) is 19.7. The van der Waals surface area contributed by atoms with Crippen molar-refractivity contribution in [1.82, 2.24) is 5.01 Å². The number of ether oxygens (including phenoxy) is 2. The molecule has 3 aliphatic carbocycles. The van der Waals surface area contributed by atoms with Gasteiger partial charge in [-0.05, 0) is 40.5 Å². The van der Waals surface area contributed by atoms with Crippen molar-refractivity contribution in [2.75, 3.05) is 14.2 Å². The quantitative estimate of drug-likeness (QED) is 0.457. The van der Waals surface area contributed by atoms with Crippen LogP contribution in [0.1, 0.15) is 39.7 Å². The normalized spacial score (nSPS) is 24.6. The second kappa shape index (κ2) is 7.30. The SMILES string of the molecule is COc1ccc(OC)c(/C=N/N2C(=O)C3C4c5ccccc5C(c5ccccc54)C3C2=O)c1. The van der Waals surface area contributed by atoms with E-state index in [4.69, 9.17) is 9.47 Å². The summed E-state index contributed by atoms with van der Waals surface area (Å²) in [5.74, 6) is -0.465. The molecule has 2 amide bonds. The molecule has 3 aromatic rings. The molecule has 2 unspecified atom stereocenters. The number of hydrazone groups is 1. The Morgan fingerprint density at radius 1 is 0.758 bits per heavy atom. The van der Waals surface area contributed by atoms with Gasteiger partial charge in [0.1, 0.15) is 11.5 Å². The number of carbonyl (C=O) groups is 2. The lowest BCUT2D eigenvalue weighted by Crippen LogP contribution is -2.41. The van der Waals surface area contributed by atoms with E-state index in [9.17, 15) is 9.59 Å². The van der Waals surface area contributed by atoms with Crippen LogP contribution in [0.4, 0.5) is 0 Å². The fraction of sp³-hybridized carbons (Fsp3) is 0.222. The molecule has 1 saturated heterocycles. The molecule has 1 heterocycles. The Labute approximate surface area is 191 Å². The molecule has 33 heavy (non-hydrogen) atoms. The zero-order valence-electron chi connectivity index (χ0n) is 18.3. The van der Waals surface area contributed by atoms with Gasteiger partial charge in [0.2, 0.25) is 0 Å². The highest BCUT2D eigenvalue weighted by molar-refractivity contribution is 6.08. The first-order valence-corrected chi connectivity index (χ1v) is 11.0. The van der Waals surface area contributed by atoms with Crippen LogP contribution in [0.15, 0.2) is 71.8 Å². The zero-order valence-corrected chi connectivity index (χ0v) is 18.3. The molecule has 0 saturated carbocycles. The van der Waals surface area contributed by atoms with Crippen LogP contribution in [0.3, 0.4) is 0 Å². The summed E-state index contributed by atoms with van der Waals surface area (Å²) in [7, 11) is 3.14. The highest BCUT2D eigenvalue weighted by Crippen LogP contribution is 2.60. The van der Waals surface area contributed by atoms with Crippen molar-refractivity contribution in [2.45, 2.75) is 11.8 Å². The van der Waals surface area contributed by atoms with Crippen LogP contribution in [0.25, 0.3) is 0 Å². The van der Waals surface area contributed by atoms with Crippen molar-refractivity contribution < 1.29 is 19.1 Å². The molecule has 2 bridgehead atoms. The topological polar surface area (TPSA) is 68.2 Å². The molecule has 1 aliphatic heterocycles. The summed E-state index contributed by atoms with van der Waals surface area (Å²) in [6.45, 7) is 0. The predicted molar refractivity (Wildman–Crippen MR) is 123 cm³/mol. The molecule has 0 N–H and O–H groups in total. The summed E-state index contributed by atoms with van der Waals surface area (Å²) < 4.78 is 10.7. The Hall–Kier alpha value is -3.93. The lowest BCUT2D eigenvalue weighted by molar-refractivity contribution is -0.139. The second-order valence-electron chi connectivity index (χ2n) is 8.61. The number of methoxy groups -OCH3 is 2. The van der Waals surface area contributed by atoms with Gasteiger partial charge in [-0.3, -0.25) is 9.59 Å². The number of hydrogen-bond acceptors (Lipinski definition) is 5. The van der Waals surface area contributed by atoms with Crippen LogP contribution in [0, 0.1) is 11.8 Å². The number of benzene rings is 3. The summed E-state index contributed by atoms with van der Waals surface area (Å²) >= 11 is 0. The first-order chi connectivity index (χ1) is 16.1. The van der Waals surface area contributed by atoms with Crippen molar-refractivity contribution in [3.63, 3.8) is 0 Å². The minimum absolute atomic E-state index is 0.143. The highest BCUT2D eigenvalue weighted by Gasteiger charge is 2.61. The van der Waals surface area contributed by atoms with Gasteiger partial charge in [-0.15, -0.1) is 0 Å². The Morgan fingerprint density at radius 3 is 1.73 bits per heavy atom. The molecule has 0 radical (unpaired) electrons. The van der Waals surface area contributed by atoms with Crippen molar-refractivity contribution in [3.05, 3.63) is 94.5 Å². The molecule has 3 aromatic carbocycles. The molecule has 6 heteroatoms. The summed E-state index contributed by atoms with van der Waals surface area (Å²) in [5.41, 5.74) is 5.20. The van der Waals surface area contributed by atoms with E-state index >= 15 is 0 Å². The van der Waals surface area contributed by atoms with Crippen molar-refractivity contribution in [2.24, 2.45) is 16.9 Å². The van der Waals surface area contributed by atoms with E-state index in [-0.39, 0.29) is 23.7 Å². The third-order valence-corrected chi connectivity index (χ3v) is 7.17. The van der Waals surface area contributed by atoms with E-state index in [0.717, 1.165) is 27.3 Å². The molecule has 1 fully saturated rings. The van der Waals surface area contributed by atoms with Gasteiger partial charge in [-0.1, -0.05) is 48.5 Å². The molecule has 4 aliphatic rings. The summed E-state index contributed by atoms with van der Waals surface area (Å²) in [6, 6.07) is 21.7. The number of imide groups is 1. The largest absolute Gasteiger partial charge is 0.497 e. The number of hydrogen-bond donors (Lipinski definition) is 0. The van der Waals surface area contributed by atoms with Gasteiger partial charge in [0.15, 0.2) is 0 Å². The summed E-state index contributed by atoms with van der Waals surface area (Å²) in [6.07, 6.45) is 1.50. The number of nitrogens with zero attached hydrogens (tertiary/aromatic N) is 2. The van der Waals surface area contributed by atoms with E-state index in [1.807, 2.05) is 24.3 Å². The van der Waals surface area contributed by atoms with Crippen LogP contribution < -0.4 is 9.47 Å². The molecule has 6 nitrogen and oxygen atoms in total. The van der Waals surface area contributed by atoms with E-state index < -0.39 is 11.8 Å². The van der Waals surface area contributed by atoms with E-state index in [2.05, 4.69) is 29.4 Å². The average molecular weight is 438 g/mol. The Balaban J connectivity index is 1.43. The van der Waals surface area contributed by atoms with Crippen molar-refractivity contribution in [3.8, 4) is 11.5 Å². The minimum Gasteiger partial charge on any atom is -0.497 e. The van der Waals surface area contributed by atoms with Crippen LogP contribution in [0.2, 0.25) is 0 Å². The predicted octanol–water partition coefficient (Wildman–Crippen LogP) is 3.93. The zero-order chi connectivity index (χ0) is 22.7. The van der Waals surface area contributed by atoms with Gasteiger partial charge in [-0.2, -0.15) is 10.1 Å². The van der Waals surface area contributed by atoms with Gasteiger partial charge >= 0.3 is 0 Å². The van der Waals surface area contributed by atoms with Gasteiger partial charge in [-0.25, -0.2) is 0 Å². The van der Waals surface area contributed by atoms with Gasteiger partial charge < -0.3 is 9.47 Å². The molecule has 164 valence electrons. The number of rotatable bonds is 4. The molecule has 0 aromatic heterocycles. The second-order valence-corrected chi connectivity index (χ2v) is 8.61. The molecule has 0 spiro atoms. The molecule has 2 atom stereocenters. The first-order valence-electron chi connectivity index (χ1n) is 11.0. The Bertz CT molecular complexity index is 1220. The van der Waals surface area contributed by atoms with E-state index in [1.54, 1.807) is 32.4 Å². The maximum absolute atomic E-state index is 13.6. The number of carbonyl (C=O) groups excluding carboxylic acids is 2. The third-order valence-electron chi connectivity index (χ3n) is 7.17. The molecule has 7 rings (SSSR count). The Kier molecular flexibility index (Phi) is 4.37. The fourth-order valence-corrected chi connectivity index (χ4v) is 5.84. The maximum Gasteiger partial charge on any atom is 0.254 e. The monoisotopic (exact) mass is 438 g/mol. The average Bonchev–Trinajstić information content (AvgIpc) is 3.12. The smallest absolute Gasteiger partial charge is 0.254 e. The summed E-state index contributed by atoms with van der Waals surface area (Å²) in [4.78, 5) is 27.2. The fourth-order valence-electron chi connectivity index (χ4n) is 5.84. The third kappa shape index (κ3) is 2.70. The standard InChI is InChI=1S/C27H22N2O4/c1-32-16-11-12-21(33-2)15(13-16)14-28-29-26(30)24-22-17-7-3-4-8-18(17)23(25(24)27(29)31)20-10-6-5-9-19(20)22/h3-14,22-25H,1-2H3/b28-14+. The van der Waals surface area contributed by atoms with Crippen LogP contribution in [0.5, 0.6) is 11.5 Å². The highest BCUT2D eigenvalue weighted by atomic mass is 16.5. The minimum atomic E-state index is -0.448. The van der Waals surface area contributed by atoms with Crippen LogP contribution in [-0.2, 0) is 9.59 Å². The maximum atomic E-state index is 13.6. The van der Waals surface area contributed by atoms with Crippen LogP contribution in [-0.4, -0.2) is 37.3 Å². The lowest BCUT2D eigenvalue weighted by Gasteiger charge is -2.45. The Morgan fingerprint density at radius 2 is 1.27 bits per heavy atom. The van der Waals surface area contributed by atoms with Gasteiger partial charge in [0, 0.05) is 17.4 Å². The summed E-state index contributed by atoms with van der Waals surface area (Å²) in [5, 5.41) is 5.42. The van der Waals surface area contributed by atoms with E-state index in [1.165, 1.54) is 6.21 Å². The molecular formula is C27H22N2O4. The van der Waals surface area contributed by atoms with Crippen LogP contribution >= 0.6 is 0 Å². The van der Waals surface area contributed by atoms with Gasteiger partial charge in [0.25, 0.3) is 11.8 Å². The number of amides is 2. The lowest BCUT2D eigenvalue weighted by atomic mass is 9.55. The van der Waals surface area contributed by atoms with Gasteiger partial charge in [0.05, 0.1) is 32.3 Å².